The van der Waals surface area contributed by atoms with E-state index in [1.54, 1.807) is 0 Å². The van der Waals surface area contributed by atoms with Crippen molar-refractivity contribution in [3.05, 3.63) is 0 Å². The first-order valence-corrected chi connectivity index (χ1v) is 4.58. The molecule has 1 aliphatic rings. The van der Waals surface area contributed by atoms with Crippen molar-refractivity contribution < 1.29 is 0 Å². The van der Waals surface area contributed by atoms with Gasteiger partial charge in [-0.1, -0.05) is 13.3 Å². The maximum absolute atomic E-state index is 3.52. The first kappa shape index (κ1) is 11.2. The van der Waals surface area contributed by atoms with Crippen LogP contribution < -0.4 is 5.32 Å². The number of piperidine rings is 1. The molecule has 1 nitrogen and oxygen atoms in total. The van der Waals surface area contributed by atoms with E-state index in [9.17, 15) is 0 Å². The van der Waals surface area contributed by atoms with Crippen LogP contribution in [0.4, 0.5) is 0 Å². The monoisotopic (exact) mass is 177 g/mol. The van der Waals surface area contributed by atoms with Crippen molar-refractivity contribution in [2.45, 2.75) is 45.6 Å². The number of halogens is 1. The van der Waals surface area contributed by atoms with E-state index in [4.69, 9.17) is 0 Å². The van der Waals surface area contributed by atoms with Crippen molar-refractivity contribution in [1.82, 2.24) is 5.32 Å². The molecule has 2 heteroatoms. The van der Waals surface area contributed by atoms with Crippen LogP contribution in [0.15, 0.2) is 0 Å². The van der Waals surface area contributed by atoms with E-state index >= 15 is 0 Å². The van der Waals surface area contributed by atoms with Gasteiger partial charge in [0.15, 0.2) is 0 Å². The van der Waals surface area contributed by atoms with Crippen molar-refractivity contribution in [2.75, 3.05) is 6.54 Å². The number of hydrogen-bond acceptors (Lipinski definition) is 1. The van der Waals surface area contributed by atoms with Crippen LogP contribution >= 0.6 is 12.4 Å². The number of nitrogens with one attached hydrogen (secondary N) is 1. The topological polar surface area (TPSA) is 12.0 Å². The van der Waals surface area contributed by atoms with E-state index in [1.165, 1.54) is 32.2 Å². The summed E-state index contributed by atoms with van der Waals surface area (Å²) >= 11 is 0. The highest BCUT2D eigenvalue weighted by Crippen LogP contribution is 2.20. The predicted molar refractivity (Wildman–Crippen MR) is 52.3 cm³/mol. The maximum Gasteiger partial charge on any atom is 0.00670 e. The molecule has 0 aliphatic carbocycles. The van der Waals surface area contributed by atoms with Gasteiger partial charge in [-0.15, -0.1) is 12.4 Å². The Balaban J connectivity index is 0.000001000. The molecule has 1 rings (SSSR count). The van der Waals surface area contributed by atoms with Crippen molar-refractivity contribution in [1.29, 1.82) is 0 Å². The fourth-order valence-corrected chi connectivity index (χ4v) is 1.88. The molecule has 1 aliphatic heterocycles. The van der Waals surface area contributed by atoms with Gasteiger partial charge in [0.25, 0.3) is 0 Å². The molecule has 0 spiro atoms. The van der Waals surface area contributed by atoms with Gasteiger partial charge < -0.3 is 5.32 Å². The minimum absolute atomic E-state index is 0. The summed E-state index contributed by atoms with van der Waals surface area (Å²) in [5, 5.41) is 3.52. The second-order valence-electron chi connectivity index (χ2n) is 3.43. The van der Waals surface area contributed by atoms with Gasteiger partial charge in [0.2, 0.25) is 0 Å². The summed E-state index contributed by atoms with van der Waals surface area (Å²) < 4.78 is 0. The zero-order chi connectivity index (χ0) is 7.40. The highest BCUT2D eigenvalue weighted by Gasteiger charge is 2.18. The molecule has 1 saturated heterocycles. The van der Waals surface area contributed by atoms with Crippen LogP contribution in [0, 0.1) is 5.92 Å². The lowest BCUT2D eigenvalue weighted by atomic mass is 9.88. The lowest BCUT2D eigenvalue weighted by Crippen LogP contribution is -2.38. The van der Waals surface area contributed by atoms with Gasteiger partial charge in [-0.25, -0.2) is 0 Å². The fraction of sp³-hybridized carbons (Fsp3) is 1.00. The minimum atomic E-state index is 0. The molecule has 0 amide bonds. The van der Waals surface area contributed by atoms with E-state index in [-0.39, 0.29) is 12.4 Å². The van der Waals surface area contributed by atoms with Gasteiger partial charge in [-0.05, 0) is 38.6 Å². The summed E-state index contributed by atoms with van der Waals surface area (Å²) in [6, 6.07) is 0.772. The molecule has 0 aromatic rings. The second kappa shape index (κ2) is 5.84. The molecular weight excluding hydrogens is 158 g/mol. The van der Waals surface area contributed by atoms with Crippen molar-refractivity contribution >= 4 is 12.4 Å². The van der Waals surface area contributed by atoms with Gasteiger partial charge in [0, 0.05) is 6.04 Å². The molecule has 1 N–H and O–H groups in total. The molecule has 1 fully saturated rings. The normalized spacial score (nSPS) is 31.1. The van der Waals surface area contributed by atoms with Crippen molar-refractivity contribution in [3.63, 3.8) is 0 Å². The van der Waals surface area contributed by atoms with E-state index < -0.39 is 0 Å². The summed E-state index contributed by atoms with van der Waals surface area (Å²) in [5.41, 5.74) is 0. The standard InChI is InChI=1S/C9H19N.ClH/c1-3-5-9-6-4-7-10-8(9)2;/h8-10H,3-7H2,1-2H3;1H. The molecule has 2 unspecified atom stereocenters. The molecule has 68 valence electrons. The predicted octanol–water partition coefficient (Wildman–Crippen LogP) is 2.60. The van der Waals surface area contributed by atoms with Crippen LogP contribution in [0.2, 0.25) is 0 Å². The van der Waals surface area contributed by atoms with E-state index in [0.717, 1.165) is 12.0 Å². The molecule has 0 aromatic heterocycles. The van der Waals surface area contributed by atoms with Crippen LogP contribution in [-0.2, 0) is 0 Å². The Hall–Kier alpha value is 0.250. The average molecular weight is 178 g/mol. The van der Waals surface area contributed by atoms with Gasteiger partial charge >= 0.3 is 0 Å². The Morgan fingerprint density at radius 3 is 2.73 bits per heavy atom. The summed E-state index contributed by atoms with van der Waals surface area (Å²) in [7, 11) is 0. The largest absolute Gasteiger partial charge is 0.314 e. The van der Waals surface area contributed by atoms with Crippen LogP contribution in [0.1, 0.15) is 39.5 Å². The molecule has 1 heterocycles. The zero-order valence-electron chi connectivity index (χ0n) is 7.60. The third-order valence-electron chi connectivity index (χ3n) is 2.58. The highest BCUT2D eigenvalue weighted by molar-refractivity contribution is 5.85. The van der Waals surface area contributed by atoms with Crippen LogP contribution in [0.5, 0.6) is 0 Å². The highest BCUT2D eigenvalue weighted by atomic mass is 35.5. The van der Waals surface area contributed by atoms with Gasteiger partial charge in [0.1, 0.15) is 0 Å². The van der Waals surface area contributed by atoms with E-state index in [2.05, 4.69) is 19.2 Å². The van der Waals surface area contributed by atoms with Crippen LogP contribution in [-0.4, -0.2) is 12.6 Å². The van der Waals surface area contributed by atoms with Crippen molar-refractivity contribution in [3.8, 4) is 0 Å². The van der Waals surface area contributed by atoms with Gasteiger partial charge in [-0.3, -0.25) is 0 Å². The second-order valence-corrected chi connectivity index (χ2v) is 3.43. The quantitative estimate of drug-likeness (QED) is 0.684. The lowest BCUT2D eigenvalue weighted by Gasteiger charge is -2.29. The summed E-state index contributed by atoms with van der Waals surface area (Å²) in [5.74, 6) is 0.957. The lowest BCUT2D eigenvalue weighted by molar-refractivity contribution is 0.279. The molecule has 0 bridgehead atoms. The minimum Gasteiger partial charge on any atom is -0.314 e. The van der Waals surface area contributed by atoms with Gasteiger partial charge in [-0.2, -0.15) is 0 Å². The smallest absolute Gasteiger partial charge is 0.00670 e. The maximum atomic E-state index is 3.52. The van der Waals surface area contributed by atoms with E-state index in [1.807, 2.05) is 0 Å². The summed E-state index contributed by atoms with van der Waals surface area (Å²) in [6.45, 7) is 5.84. The third-order valence-corrected chi connectivity index (χ3v) is 2.58. The molecular formula is C9H20ClN. The van der Waals surface area contributed by atoms with Gasteiger partial charge in [0.05, 0.1) is 0 Å². The summed E-state index contributed by atoms with van der Waals surface area (Å²) in [4.78, 5) is 0. The fourth-order valence-electron chi connectivity index (χ4n) is 1.88. The SMILES string of the molecule is CCCC1CCCNC1C.Cl. The molecule has 0 radical (unpaired) electrons. The van der Waals surface area contributed by atoms with Crippen LogP contribution in [0.25, 0.3) is 0 Å². The van der Waals surface area contributed by atoms with Crippen LogP contribution in [0.3, 0.4) is 0 Å². The first-order valence-electron chi connectivity index (χ1n) is 4.58. The number of hydrogen-bond donors (Lipinski definition) is 1. The Morgan fingerprint density at radius 1 is 1.45 bits per heavy atom. The zero-order valence-corrected chi connectivity index (χ0v) is 8.41. The van der Waals surface area contributed by atoms with Crippen molar-refractivity contribution in [2.24, 2.45) is 5.92 Å². The molecule has 0 saturated carbocycles. The Kier molecular flexibility index (Phi) is 5.98. The Bertz CT molecular complexity index is 93.6. The average Bonchev–Trinajstić information content (AvgIpc) is 1.94. The Labute approximate surface area is 76.4 Å². The summed E-state index contributed by atoms with van der Waals surface area (Å²) in [6.07, 6.45) is 5.59. The third kappa shape index (κ3) is 3.44. The van der Waals surface area contributed by atoms with E-state index in [0.29, 0.717) is 0 Å². The Morgan fingerprint density at radius 2 is 2.18 bits per heavy atom. The molecule has 11 heavy (non-hydrogen) atoms. The molecule has 0 aromatic carbocycles. The first-order chi connectivity index (χ1) is 4.84. The molecule has 2 atom stereocenters. The number of rotatable bonds is 2.